The number of aryl methyl sites for hydroxylation is 1. The predicted octanol–water partition coefficient (Wildman–Crippen LogP) is 1.41. The Hall–Kier alpha value is -1.50. The SMILES string of the molecule is COc1cccc(C(NN)c2snnc2C)c1. The van der Waals surface area contributed by atoms with Gasteiger partial charge in [-0.2, -0.15) is 0 Å². The first kappa shape index (κ1) is 12.0. The molecule has 1 unspecified atom stereocenters. The molecule has 1 heterocycles. The van der Waals surface area contributed by atoms with Crippen molar-refractivity contribution in [2.75, 3.05) is 7.11 Å². The van der Waals surface area contributed by atoms with Crippen LogP contribution in [0.15, 0.2) is 24.3 Å². The number of nitrogens with one attached hydrogen (secondary N) is 1. The molecule has 1 atom stereocenters. The molecule has 3 N–H and O–H groups in total. The van der Waals surface area contributed by atoms with Crippen molar-refractivity contribution in [2.45, 2.75) is 13.0 Å². The van der Waals surface area contributed by atoms with E-state index in [1.165, 1.54) is 11.5 Å². The molecule has 6 heteroatoms. The molecule has 0 bridgehead atoms. The minimum absolute atomic E-state index is 0.106. The summed E-state index contributed by atoms with van der Waals surface area (Å²) in [7, 11) is 1.64. The number of hydrogen-bond acceptors (Lipinski definition) is 6. The van der Waals surface area contributed by atoms with E-state index in [0.29, 0.717) is 0 Å². The van der Waals surface area contributed by atoms with Gasteiger partial charge < -0.3 is 4.74 Å². The maximum atomic E-state index is 5.62. The highest BCUT2D eigenvalue weighted by Crippen LogP contribution is 2.27. The number of rotatable bonds is 4. The van der Waals surface area contributed by atoms with Crippen molar-refractivity contribution in [3.05, 3.63) is 40.4 Å². The lowest BCUT2D eigenvalue weighted by molar-refractivity contribution is 0.413. The highest BCUT2D eigenvalue weighted by molar-refractivity contribution is 7.05. The Labute approximate surface area is 104 Å². The zero-order valence-electron chi connectivity index (χ0n) is 9.68. The molecule has 0 spiro atoms. The van der Waals surface area contributed by atoms with E-state index in [0.717, 1.165) is 21.9 Å². The first-order chi connectivity index (χ1) is 8.26. The van der Waals surface area contributed by atoms with Crippen molar-refractivity contribution in [1.29, 1.82) is 0 Å². The van der Waals surface area contributed by atoms with Crippen molar-refractivity contribution in [2.24, 2.45) is 5.84 Å². The summed E-state index contributed by atoms with van der Waals surface area (Å²) >= 11 is 1.35. The molecule has 0 radical (unpaired) electrons. The first-order valence-corrected chi connectivity index (χ1v) is 5.92. The van der Waals surface area contributed by atoms with Gasteiger partial charge in [0.2, 0.25) is 0 Å². The van der Waals surface area contributed by atoms with Gasteiger partial charge in [-0.25, -0.2) is 5.43 Å². The van der Waals surface area contributed by atoms with Crippen LogP contribution in [0.5, 0.6) is 5.75 Å². The van der Waals surface area contributed by atoms with Crippen LogP contribution in [0.4, 0.5) is 0 Å². The van der Waals surface area contributed by atoms with Crippen molar-refractivity contribution in [3.8, 4) is 5.75 Å². The van der Waals surface area contributed by atoms with Gasteiger partial charge in [0.05, 0.1) is 23.7 Å². The highest BCUT2D eigenvalue weighted by Gasteiger charge is 2.18. The number of benzene rings is 1. The van der Waals surface area contributed by atoms with Crippen molar-refractivity contribution >= 4 is 11.5 Å². The molecule has 0 saturated carbocycles. The summed E-state index contributed by atoms with van der Waals surface area (Å²) in [5, 5.41) is 4.00. The van der Waals surface area contributed by atoms with Gasteiger partial charge in [0.25, 0.3) is 0 Å². The quantitative estimate of drug-likeness (QED) is 0.634. The van der Waals surface area contributed by atoms with E-state index in [1.807, 2.05) is 31.2 Å². The van der Waals surface area contributed by atoms with Crippen LogP contribution in [-0.2, 0) is 0 Å². The topological polar surface area (TPSA) is 73.1 Å². The molecular weight excluding hydrogens is 236 g/mol. The lowest BCUT2D eigenvalue weighted by Crippen LogP contribution is -2.28. The first-order valence-electron chi connectivity index (χ1n) is 5.15. The molecule has 1 aromatic carbocycles. The Morgan fingerprint density at radius 3 is 2.88 bits per heavy atom. The molecule has 0 amide bonds. The van der Waals surface area contributed by atoms with Crippen molar-refractivity contribution < 1.29 is 4.74 Å². The number of nitrogens with two attached hydrogens (primary N) is 1. The Bertz CT molecular complexity index is 500. The number of aromatic nitrogens is 2. The second kappa shape index (κ2) is 5.22. The van der Waals surface area contributed by atoms with Crippen LogP contribution >= 0.6 is 11.5 Å². The van der Waals surface area contributed by atoms with Gasteiger partial charge in [0.15, 0.2) is 0 Å². The molecule has 2 rings (SSSR count). The minimum Gasteiger partial charge on any atom is -0.497 e. The highest BCUT2D eigenvalue weighted by atomic mass is 32.1. The molecule has 0 fully saturated rings. The van der Waals surface area contributed by atoms with Gasteiger partial charge >= 0.3 is 0 Å². The Morgan fingerprint density at radius 1 is 1.47 bits per heavy atom. The third kappa shape index (κ3) is 2.44. The molecule has 0 aliphatic heterocycles. The molecule has 5 nitrogen and oxygen atoms in total. The maximum absolute atomic E-state index is 5.62. The smallest absolute Gasteiger partial charge is 0.119 e. The van der Waals surface area contributed by atoms with Crippen LogP contribution in [0.1, 0.15) is 22.2 Å². The van der Waals surface area contributed by atoms with E-state index in [2.05, 4.69) is 15.0 Å². The predicted molar refractivity (Wildman–Crippen MR) is 66.8 cm³/mol. The number of hydrazine groups is 1. The molecule has 2 aromatic rings. The van der Waals surface area contributed by atoms with E-state index in [-0.39, 0.29) is 6.04 Å². The van der Waals surface area contributed by atoms with Crippen LogP contribution in [0.25, 0.3) is 0 Å². The van der Waals surface area contributed by atoms with Gasteiger partial charge in [-0.05, 0) is 36.2 Å². The summed E-state index contributed by atoms with van der Waals surface area (Å²) in [6.45, 7) is 1.92. The van der Waals surface area contributed by atoms with E-state index in [4.69, 9.17) is 10.6 Å². The summed E-state index contributed by atoms with van der Waals surface area (Å²) in [6, 6.07) is 7.66. The second-order valence-electron chi connectivity index (χ2n) is 3.60. The molecule has 0 aliphatic rings. The van der Waals surface area contributed by atoms with Gasteiger partial charge in [-0.15, -0.1) is 5.10 Å². The average Bonchev–Trinajstić information content (AvgIpc) is 2.77. The fourth-order valence-electron chi connectivity index (χ4n) is 1.65. The summed E-state index contributed by atoms with van der Waals surface area (Å²) in [6.07, 6.45) is 0. The van der Waals surface area contributed by atoms with Crippen LogP contribution in [-0.4, -0.2) is 16.7 Å². The Morgan fingerprint density at radius 2 is 2.29 bits per heavy atom. The average molecular weight is 250 g/mol. The number of hydrogen-bond donors (Lipinski definition) is 2. The normalized spacial score (nSPS) is 12.4. The van der Waals surface area contributed by atoms with Crippen LogP contribution in [0.2, 0.25) is 0 Å². The summed E-state index contributed by atoms with van der Waals surface area (Å²) in [5.41, 5.74) is 4.71. The molecule has 0 aliphatic carbocycles. The molecular formula is C11H14N4OS. The molecule has 1 aromatic heterocycles. The van der Waals surface area contributed by atoms with Gasteiger partial charge in [-0.3, -0.25) is 5.84 Å². The van der Waals surface area contributed by atoms with Crippen LogP contribution in [0, 0.1) is 6.92 Å². The van der Waals surface area contributed by atoms with E-state index < -0.39 is 0 Å². The summed E-state index contributed by atoms with van der Waals surface area (Å²) in [5.74, 6) is 6.42. The third-order valence-electron chi connectivity index (χ3n) is 2.54. The minimum atomic E-state index is -0.106. The largest absolute Gasteiger partial charge is 0.497 e. The van der Waals surface area contributed by atoms with E-state index in [1.54, 1.807) is 7.11 Å². The fourth-order valence-corrected chi connectivity index (χ4v) is 2.38. The summed E-state index contributed by atoms with van der Waals surface area (Å²) < 4.78 is 9.12. The van der Waals surface area contributed by atoms with Crippen LogP contribution < -0.4 is 16.0 Å². The van der Waals surface area contributed by atoms with Gasteiger partial charge in [0.1, 0.15) is 5.75 Å². The zero-order chi connectivity index (χ0) is 12.3. The Kier molecular flexibility index (Phi) is 3.68. The lowest BCUT2D eigenvalue weighted by atomic mass is 10.0. The fraction of sp³-hybridized carbons (Fsp3) is 0.273. The second-order valence-corrected chi connectivity index (χ2v) is 4.38. The molecule has 17 heavy (non-hydrogen) atoms. The lowest BCUT2D eigenvalue weighted by Gasteiger charge is -2.15. The van der Waals surface area contributed by atoms with Crippen molar-refractivity contribution in [1.82, 2.24) is 15.0 Å². The molecule has 0 saturated heterocycles. The Balaban J connectivity index is 2.38. The van der Waals surface area contributed by atoms with Crippen LogP contribution in [0.3, 0.4) is 0 Å². The standard InChI is InChI=1S/C11H14N4OS/c1-7-11(17-15-14-7)10(13-12)8-4-3-5-9(6-8)16-2/h3-6,10,13H,12H2,1-2H3. The van der Waals surface area contributed by atoms with E-state index in [9.17, 15) is 0 Å². The summed E-state index contributed by atoms with van der Waals surface area (Å²) in [4.78, 5) is 1.01. The zero-order valence-corrected chi connectivity index (χ0v) is 10.5. The number of nitrogens with zero attached hydrogens (tertiary/aromatic N) is 2. The number of methoxy groups -OCH3 is 1. The van der Waals surface area contributed by atoms with Gasteiger partial charge in [0, 0.05) is 0 Å². The third-order valence-corrected chi connectivity index (χ3v) is 3.43. The maximum Gasteiger partial charge on any atom is 0.119 e. The monoisotopic (exact) mass is 250 g/mol. The van der Waals surface area contributed by atoms with Crippen molar-refractivity contribution in [3.63, 3.8) is 0 Å². The molecule has 90 valence electrons. The van der Waals surface area contributed by atoms with Gasteiger partial charge in [-0.1, -0.05) is 16.6 Å². The van der Waals surface area contributed by atoms with E-state index >= 15 is 0 Å². The number of ether oxygens (including phenoxy) is 1.